The van der Waals surface area contributed by atoms with Gasteiger partial charge >= 0.3 is 0 Å². The van der Waals surface area contributed by atoms with E-state index >= 15 is 0 Å². The summed E-state index contributed by atoms with van der Waals surface area (Å²) in [5.41, 5.74) is 0.851. The summed E-state index contributed by atoms with van der Waals surface area (Å²) in [5.74, 6) is 0.631. The molecule has 2 N–H and O–H groups in total. The van der Waals surface area contributed by atoms with E-state index in [0.717, 1.165) is 30.7 Å². The summed E-state index contributed by atoms with van der Waals surface area (Å²) in [6.45, 7) is 3.80. The predicted octanol–water partition coefficient (Wildman–Crippen LogP) is 3.55. The average molecular weight is 478 g/mol. The number of methoxy groups -OCH3 is 1. The first-order chi connectivity index (χ1) is 12.0. The number of halogens is 2. The van der Waals surface area contributed by atoms with Gasteiger partial charge in [-0.1, -0.05) is 18.9 Å². The zero-order valence-corrected chi connectivity index (χ0v) is 18.5. The van der Waals surface area contributed by atoms with Crippen LogP contribution in [-0.2, 0) is 0 Å². The third kappa shape index (κ3) is 6.57. The van der Waals surface area contributed by atoms with Gasteiger partial charge in [0.05, 0.1) is 13.2 Å². The van der Waals surface area contributed by atoms with Crippen molar-refractivity contribution in [3.63, 3.8) is 0 Å². The molecule has 1 aliphatic carbocycles. The van der Waals surface area contributed by atoms with Crippen molar-refractivity contribution >= 4 is 29.9 Å². The van der Waals surface area contributed by atoms with Gasteiger partial charge in [0.2, 0.25) is 0 Å². The fourth-order valence-electron chi connectivity index (χ4n) is 3.31. The third-order valence-corrected chi connectivity index (χ3v) is 4.96. The van der Waals surface area contributed by atoms with Crippen LogP contribution in [-0.4, -0.2) is 51.2 Å². The second kappa shape index (κ2) is 11.6. The number of hydrogen-bond acceptors (Lipinski definition) is 3. The van der Waals surface area contributed by atoms with Gasteiger partial charge in [-0.2, -0.15) is 0 Å². The van der Waals surface area contributed by atoms with E-state index in [4.69, 9.17) is 4.74 Å². The maximum atomic E-state index is 13.9. The Kier molecular flexibility index (Phi) is 10.2. The highest BCUT2D eigenvalue weighted by atomic mass is 127. The first kappa shape index (κ1) is 23.0. The zero-order chi connectivity index (χ0) is 18.2. The molecule has 1 fully saturated rings. The zero-order valence-electron chi connectivity index (χ0n) is 16.2. The molecule has 1 saturated carbocycles. The minimum Gasteiger partial charge on any atom is -0.494 e. The average Bonchev–Trinajstić information content (AvgIpc) is 3.15. The number of aliphatic imine (C=N–C) groups is 1. The van der Waals surface area contributed by atoms with Crippen molar-refractivity contribution in [1.82, 2.24) is 15.5 Å². The van der Waals surface area contributed by atoms with Gasteiger partial charge in [0.25, 0.3) is 0 Å². The molecule has 26 heavy (non-hydrogen) atoms. The largest absolute Gasteiger partial charge is 0.494 e. The van der Waals surface area contributed by atoms with Crippen LogP contribution in [0.15, 0.2) is 23.2 Å². The first-order valence-electron chi connectivity index (χ1n) is 9.06. The molecule has 5 nitrogen and oxygen atoms in total. The maximum Gasteiger partial charge on any atom is 0.191 e. The molecule has 1 unspecified atom stereocenters. The molecule has 0 bridgehead atoms. The molecule has 1 aliphatic rings. The van der Waals surface area contributed by atoms with Gasteiger partial charge in [-0.3, -0.25) is 4.99 Å². The SMILES string of the molecule is CN=C(NCCN(C)C1CCCC1)NC(C)c1ccc(OC)c(F)c1.I. The van der Waals surface area contributed by atoms with Gasteiger partial charge in [0, 0.05) is 26.2 Å². The molecule has 148 valence electrons. The summed E-state index contributed by atoms with van der Waals surface area (Å²) in [7, 11) is 5.40. The van der Waals surface area contributed by atoms with Crippen LogP contribution in [0.5, 0.6) is 5.75 Å². The summed E-state index contributed by atoms with van der Waals surface area (Å²) in [6, 6.07) is 5.67. The maximum absolute atomic E-state index is 13.9. The molecule has 0 radical (unpaired) electrons. The Hall–Kier alpha value is -1.09. The van der Waals surface area contributed by atoms with Crippen molar-refractivity contribution in [3.05, 3.63) is 29.6 Å². The van der Waals surface area contributed by atoms with Crippen LogP contribution in [0.1, 0.15) is 44.2 Å². The predicted molar refractivity (Wildman–Crippen MR) is 116 cm³/mol. The molecule has 0 aromatic heterocycles. The Balaban J connectivity index is 0.00000338. The smallest absolute Gasteiger partial charge is 0.191 e. The fraction of sp³-hybridized carbons (Fsp3) is 0.632. The summed E-state index contributed by atoms with van der Waals surface area (Å²) in [6.07, 6.45) is 5.32. The Morgan fingerprint density at radius 1 is 1.38 bits per heavy atom. The van der Waals surface area contributed by atoms with Gasteiger partial charge in [-0.25, -0.2) is 4.39 Å². The highest BCUT2D eigenvalue weighted by molar-refractivity contribution is 14.0. The Morgan fingerprint density at radius 3 is 2.65 bits per heavy atom. The summed E-state index contributed by atoms with van der Waals surface area (Å²) < 4.78 is 18.8. The number of rotatable bonds is 7. The Morgan fingerprint density at radius 2 is 2.08 bits per heavy atom. The quantitative estimate of drug-likeness (QED) is 0.358. The Labute approximate surface area is 173 Å². The van der Waals surface area contributed by atoms with E-state index in [-0.39, 0.29) is 41.6 Å². The van der Waals surface area contributed by atoms with E-state index in [2.05, 4.69) is 27.6 Å². The van der Waals surface area contributed by atoms with Crippen molar-refractivity contribution in [3.8, 4) is 5.75 Å². The van der Waals surface area contributed by atoms with Crippen LogP contribution in [0.2, 0.25) is 0 Å². The molecular weight excluding hydrogens is 446 g/mol. The van der Waals surface area contributed by atoms with Crippen LogP contribution < -0.4 is 15.4 Å². The van der Waals surface area contributed by atoms with Crippen molar-refractivity contribution in [2.45, 2.75) is 44.7 Å². The van der Waals surface area contributed by atoms with Gasteiger partial charge < -0.3 is 20.3 Å². The summed E-state index contributed by atoms with van der Waals surface area (Å²) in [4.78, 5) is 6.69. The molecule has 1 atom stereocenters. The summed E-state index contributed by atoms with van der Waals surface area (Å²) >= 11 is 0. The van der Waals surface area contributed by atoms with E-state index in [1.54, 1.807) is 13.1 Å². The van der Waals surface area contributed by atoms with Gasteiger partial charge in [0.15, 0.2) is 17.5 Å². The van der Waals surface area contributed by atoms with Crippen LogP contribution in [0.25, 0.3) is 0 Å². The van der Waals surface area contributed by atoms with Crippen molar-refractivity contribution < 1.29 is 9.13 Å². The van der Waals surface area contributed by atoms with Gasteiger partial charge in [0.1, 0.15) is 0 Å². The number of benzene rings is 1. The minimum absolute atomic E-state index is 0. The third-order valence-electron chi connectivity index (χ3n) is 4.96. The van der Waals surface area contributed by atoms with E-state index in [1.165, 1.54) is 38.9 Å². The molecule has 0 heterocycles. The summed E-state index contributed by atoms with van der Waals surface area (Å²) in [5, 5.41) is 6.64. The molecule has 2 rings (SSSR count). The Bertz CT molecular complexity index is 579. The van der Waals surface area contributed by atoms with Crippen LogP contribution in [0, 0.1) is 5.82 Å². The minimum atomic E-state index is -0.352. The number of nitrogens with zero attached hydrogens (tertiary/aromatic N) is 2. The lowest BCUT2D eigenvalue weighted by atomic mass is 10.1. The van der Waals surface area contributed by atoms with E-state index in [9.17, 15) is 4.39 Å². The molecule has 0 saturated heterocycles. The number of hydrogen-bond donors (Lipinski definition) is 2. The number of likely N-dealkylation sites (N-methyl/N-ethyl adjacent to an activating group) is 1. The van der Waals surface area contributed by atoms with E-state index < -0.39 is 0 Å². The first-order valence-corrected chi connectivity index (χ1v) is 9.06. The topological polar surface area (TPSA) is 48.9 Å². The number of nitrogens with one attached hydrogen (secondary N) is 2. The normalized spacial score (nSPS) is 16.3. The molecular formula is C19H32FIN4O. The van der Waals surface area contributed by atoms with Crippen LogP contribution in [0.4, 0.5) is 4.39 Å². The fourth-order valence-corrected chi connectivity index (χ4v) is 3.31. The van der Waals surface area contributed by atoms with Crippen LogP contribution >= 0.6 is 24.0 Å². The lowest BCUT2D eigenvalue weighted by Crippen LogP contribution is -2.43. The van der Waals surface area contributed by atoms with E-state index in [1.807, 2.05) is 13.0 Å². The second-order valence-corrected chi connectivity index (χ2v) is 6.68. The molecule has 7 heteroatoms. The second-order valence-electron chi connectivity index (χ2n) is 6.68. The standard InChI is InChI=1S/C19H31FN4O.HI/c1-14(15-9-10-18(25-4)17(20)13-15)23-19(21-2)22-11-12-24(3)16-7-5-6-8-16;/h9-10,13-14,16H,5-8,11-12H2,1-4H3,(H2,21,22,23);1H. The lowest BCUT2D eigenvalue weighted by Gasteiger charge is -2.25. The number of ether oxygens (including phenoxy) is 1. The van der Waals surface area contributed by atoms with Crippen molar-refractivity contribution in [2.75, 3.05) is 34.3 Å². The number of guanidine groups is 1. The highest BCUT2D eigenvalue weighted by Gasteiger charge is 2.19. The highest BCUT2D eigenvalue weighted by Crippen LogP contribution is 2.22. The van der Waals surface area contributed by atoms with Crippen molar-refractivity contribution in [2.24, 2.45) is 4.99 Å². The molecule has 0 aliphatic heterocycles. The van der Waals surface area contributed by atoms with Gasteiger partial charge in [-0.05, 0) is 44.5 Å². The van der Waals surface area contributed by atoms with E-state index in [0.29, 0.717) is 0 Å². The molecule has 1 aromatic carbocycles. The van der Waals surface area contributed by atoms with Crippen molar-refractivity contribution in [1.29, 1.82) is 0 Å². The van der Waals surface area contributed by atoms with Crippen LogP contribution in [0.3, 0.4) is 0 Å². The lowest BCUT2D eigenvalue weighted by molar-refractivity contribution is 0.249. The monoisotopic (exact) mass is 478 g/mol. The molecule has 0 amide bonds. The molecule has 0 spiro atoms. The van der Waals surface area contributed by atoms with Gasteiger partial charge in [-0.15, -0.1) is 24.0 Å². The molecule has 1 aromatic rings.